The maximum absolute atomic E-state index is 13.0. The highest BCUT2D eigenvalue weighted by Gasteiger charge is 2.46. The second-order valence-electron chi connectivity index (χ2n) is 6.78. The summed E-state index contributed by atoms with van der Waals surface area (Å²) in [7, 11) is 1.33. The van der Waals surface area contributed by atoms with Gasteiger partial charge in [-0.25, -0.2) is 14.8 Å². The van der Waals surface area contributed by atoms with Crippen molar-refractivity contribution in [1.29, 1.82) is 0 Å². The Morgan fingerprint density at radius 3 is 2.25 bits per heavy atom. The molecule has 1 amide bonds. The molecule has 1 aliphatic carbocycles. The SMILES string of the molecule is COC(=O)C1(NC(=O)c2ccnc(-c3ccccc3)n2)Cc2ccccc2C1. The van der Waals surface area contributed by atoms with Crippen molar-refractivity contribution in [3.63, 3.8) is 0 Å². The number of carbonyl (C=O) groups excluding carboxylic acids is 2. The molecule has 1 heterocycles. The van der Waals surface area contributed by atoms with Crippen molar-refractivity contribution < 1.29 is 14.3 Å². The van der Waals surface area contributed by atoms with Gasteiger partial charge in [-0.2, -0.15) is 0 Å². The second-order valence-corrected chi connectivity index (χ2v) is 6.78. The van der Waals surface area contributed by atoms with Gasteiger partial charge in [-0.3, -0.25) is 4.79 Å². The van der Waals surface area contributed by atoms with E-state index in [0.717, 1.165) is 16.7 Å². The molecular formula is C22H19N3O3. The number of aromatic nitrogens is 2. The average Bonchev–Trinajstić information content (AvgIpc) is 3.13. The number of esters is 1. The number of rotatable bonds is 4. The number of hydrogen-bond acceptors (Lipinski definition) is 5. The number of nitrogens with zero attached hydrogens (tertiary/aromatic N) is 2. The molecule has 1 aliphatic rings. The van der Waals surface area contributed by atoms with Gasteiger partial charge in [0.2, 0.25) is 0 Å². The molecule has 6 heteroatoms. The van der Waals surface area contributed by atoms with Crippen molar-refractivity contribution in [2.75, 3.05) is 7.11 Å². The quantitative estimate of drug-likeness (QED) is 0.711. The number of methoxy groups -OCH3 is 1. The van der Waals surface area contributed by atoms with Crippen LogP contribution in [0.1, 0.15) is 21.6 Å². The summed E-state index contributed by atoms with van der Waals surface area (Å²) in [6.45, 7) is 0. The molecule has 0 radical (unpaired) electrons. The Balaban J connectivity index is 1.62. The zero-order chi connectivity index (χ0) is 19.6. The molecule has 0 atom stereocenters. The van der Waals surface area contributed by atoms with E-state index in [2.05, 4.69) is 15.3 Å². The number of nitrogens with one attached hydrogen (secondary N) is 1. The van der Waals surface area contributed by atoms with Crippen LogP contribution >= 0.6 is 0 Å². The summed E-state index contributed by atoms with van der Waals surface area (Å²) in [6.07, 6.45) is 2.31. The van der Waals surface area contributed by atoms with E-state index in [1.807, 2.05) is 54.6 Å². The molecule has 6 nitrogen and oxygen atoms in total. The predicted molar refractivity (Wildman–Crippen MR) is 104 cm³/mol. The Labute approximate surface area is 162 Å². The number of benzene rings is 2. The number of carbonyl (C=O) groups is 2. The molecule has 0 spiro atoms. The first-order chi connectivity index (χ1) is 13.6. The van der Waals surface area contributed by atoms with E-state index in [1.54, 1.807) is 6.20 Å². The summed E-state index contributed by atoms with van der Waals surface area (Å²) in [4.78, 5) is 34.2. The first-order valence-electron chi connectivity index (χ1n) is 8.97. The summed E-state index contributed by atoms with van der Waals surface area (Å²) < 4.78 is 5.01. The first-order valence-corrected chi connectivity index (χ1v) is 8.97. The van der Waals surface area contributed by atoms with Crippen molar-refractivity contribution in [1.82, 2.24) is 15.3 Å². The molecule has 0 bridgehead atoms. The molecule has 1 aromatic heterocycles. The molecule has 0 saturated carbocycles. The molecule has 3 aromatic rings. The predicted octanol–water partition coefficient (Wildman–Crippen LogP) is 2.58. The maximum Gasteiger partial charge on any atom is 0.332 e. The molecule has 2 aromatic carbocycles. The van der Waals surface area contributed by atoms with Crippen LogP contribution < -0.4 is 5.32 Å². The van der Waals surface area contributed by atoms with Crippen LogP contribution in [0.2, 0.25) is 0 Å². The molecular weight excluding hydrogens is 354 g/mol. The number of fused-ring (bicyclic) bond motifs is 1. The molecule has 0 unspecified atom stereocenters. The smallest absolute Gasteiger partial charge is 0.332 e. The number of amides is 1. The Hall–Kier alpha value is -3.54. The first kappa shape index (κ1) is 17.9. The van der Waals surface area contributed by atoms with Crippen LogP contribution in [0.25, 0.3) is 11.4 Å². The lowest BCUT2D eigenvalue weighted by molar-refractivity contribution is -0.147. The van der Waals surface area contributed by atoms with Crippen molar-refractivity contribution >= 4 is 11.9 Å². The van der Waals surface area contributed by atoms with Gasteiger partial charge in [0.05, 0.1) is 7.11 Å². The fourth-order valence-corrected chi connectivity index (χ4v) is 3.59. The van der Waals surface area contributed by atoms with E-state index >= 15 is 0 Å². The molecule has 4 rings (SSSR count). The van der Waals surface area contributed by atoms with E-state index in [0.29, 0.717) is 18.7 Å². The van der Waals surface area contributed by atoms with Crippen LogP contribution in [-0.4, -0.2) is 34.5 Å². The van der Waals surface area contributed by atoms with Gasteiger partial charge in [0.1, 0.15) is 11.2 Å². The highest BCUT2D eigenvalue weighted by molar-refractivity contribution is 5.97. The Morgan fingerprint density at radius 1 is 0.964 bits per heavy atom. The lowest BCUT2D eigenvalue weighted by Gasteiger charge is -2.27. The van der Waals surface area contributed by atoms with Crippen molar-refractivity contribution in [2.45, 2.75) is 18.4 Å². The summed E-state index contributed by atoms with van der Waals surface area (Å²) in [5, 5.41) is 2.88. The van der Waals surface area contributed by atoms with Crippen LogP contribution in [0.15, 0.2) is 66.9 Å². The van der Waals surface area contributed by atoms with Gasteiger partial charge in [-0.15, -0.1) is 0 Å². The van der Waals surface area contributed by atoms with E-state index in [9.17, 15) is 9.59 Å². The van der Waals surface area contributed by atoms with Crippen LogP contribution in [0.5, 0.6) is 0 Å². The highest BCUT2D eigenvalue weighted by atomic mass is 16.5. The maximum atomic E-state index is 13.0. The normalized spacial score (nSPS) is 14.2. The summed E-state index contributed by atoms with van der Waals surface area (Å²) >= 11 is 0. The van der Waals surface area contributed by atoms with Gasteiger partial charge >= 0.3 is 5.97 Å². The zero-order valence-corrected chi connectivity index (χ0v) is 15.4. The lowest BCUT2D eigenvalue weighted by Crippen LogP contribution is -2.56. The Morgan fingerprint density at radius 2 is 1.61 bits per heavy atom. The fraction of sp³-hybridized carbons (Fsp3) is 0.182. The van der Waals surface area contributed by atoms with E-state index in [4.69, 9.17) is 4.74 Å². The van der Waals surface area contributed by atoms with Crippen molar-refractivity contribution in [3.8, 4) is 11.4 Å². The summed E-state index contributed by atoms with van der Waals surface area (Å²) in [6, 6.07) is 18.7. The van der Waals surface area contributed by atoms with E-state index in [-0.39, 0.29) is 5.69 Å². The zero-order valence-electron chi connectivity index (χ0n) is 15.4. The molecule has 0 aliphatic heterocycles. The minimum absolute atomic E-state index is 0.202. The molecule has 140 valence electrons. The molecule has 28 heavy (non-hydrogen) atoms. The number of hydrogen-bond donors (Lipinski definition) is 1. The number of ether oxygens (including phenoxy) is 1. The third kappa shape index (κ3) is 3.24. The standard InChI is InChI=1S/C22H19N3O3/c1-28-21(27)22(13-16-9-5-6-10-17(16)14-22)25-20(26)18-11-12-23-19(24-18)15-7-3-2-4-8-15/h2-12H,13-14H2,1H3,(H,25,26). The van der Waals surface area contributed by atoms with Gasteiger partial charge in [0.15, 0.2) is 5.82 Å². The van der Waals surface area contributed by atoms with Crippen LogP contribution in [0, 0.1) is 0 Å². The van der Waals surface area contributed by atoms with Crippen molar-refractivity contribution in [3.05, 3.63) is 83.7 Å². The summed E-state index contributed by atoms with van der Waals surface area (Å²) in [5.74, 6) is -0.442. The topological polar surface area (TPSA) is 81.2 Å². The van der Waals surface area contributed by atoms with Crippen LogP contribution in [-0.2, 0) is 22.4 Å². The third-order valence-electron chi connectivity index (χ3n) is 4.95. The fourth-order valence-electron chi connectivity index (χ4n) is 3.59. The largest absolute Gasteiger partial charge is 0.467 e. The minimum Gasteiger partial charge on any atom is -0.467 e. The van der Waals surface area contributed by atoms with Crippen molar-refractivity contribution in [2.24, 2.45) is 0 Å². The second kappa shape index (κ2) is 7.23. The molecule has 1 N–H and O–H groups in total. The Kier molecular flexibility index (Phi) is 4.61. The molecule has 0 fully saturated rings. The highest BCUT2D eigenvalue weighted by Crippen LogP contribution is 2.31. The van der Waals surface area contributed by atoms with Gasteiger partial charge < -0.3 is 10.1 Å². The summed E-state index contributed by atoms with van der Waals surface area (Å²) in [5.41, 5.74) is 1.94. The van der Waals surface area contributed by atoms with Gasteiger partial charge in [-0.05, 0) is 17.2 Å². The lowest BCUT2D eigenvalue weighted by atomic mass is 9.95. The monoisotopic (exact) mass is 373 g/mol. The van der Waals surface area contributed by atoms with Gasteiger partial charge in [0.25, 0.3) is 5.91 Å². The average molecular weight is 373 g/mol. The van der Waals surface area contributed by atoms with Gasteiger partial charge in [-0.1, -0.05) is 54.6 Å². The minimum atomic E-state index is -1.13. The van der Waals surface area contributed by atoms with E-state index < -0.39 is 17.4 Å². The van der Waals surface area contributed by atoms with Gasteiger partial charge in [0, 0.05) is 24.6 Å². The Bertz CT molecular complexity index is 1010. The molecule has 0 saturated heterocycles. The third-order valence-corrected chi connectivity index (χ3v) is 4.95. The van der Waals surface area contributed by atoms with Crippen LogP contribution in [0.4, 0.5) is 0 Å². The van der Waals surface area contributed by atoms with Crippen LogP contribution in [0.3, 0.4) is 0 Å². The van der Waals surface area contributed by atoms with E-state index in [1.165, 1.54) is 13.2 Å².